The molecule has 2 aliphatic heterocycles. The molecule has 4 heteroatoms. The summed E-state index contributed by atoms with van der Waals surface area (Å²) in [5, 5.41) is 9.12. The molecule has 0 aromatic heterocycles. The molecule has 0 amide bonds. The molecule has 0 aliphatic carbocycles. The van der Waals surface area contributed by atoms with E-state index in [9.17, 15) is 0 Å². The molecule has 17 heavy (non-hydrogen) atoms. The van der Waals surface area contributed by atoms with E-state index in [-0.39, 0.29) is 5.54 Å². The number of hydrogen-bond donors (Lipinski definition) is 0. The predicted octanol–water partition coefficient (Wildman–Crippen LogP) is 0.943. The molecule has 1 unspecified atom stereocenters. The molecular formula is C13H23N3O. The molecule has 0 bridgehead atoms. The van der Waals surface area contributed by atoms with Crippen molar-refractivity contribution < 1.29 is 4.74 Å². The standard InChI is InChI=1S/C13H23N3O/c1-13(2,11-14)16-6-4-15(5-7-16)9-12-3-8-17-10-12/h12H,3-10H2,1-2H3. The van der Waals surface area contributed by atoms with Gasteiger partial charge < -0.3 is 9.64 Å². The highest BCUT2D eigenvalue weighted by Gasteiger charge is 2.30. The van der Waals surface area contributed by atoms with Gasteiger partial charge in [-0.25, -0.2) is 0 Å². The summed E-state index contributed by atoms with van der Waals surface area (Å²) in [5.41, 5.74) is -0.317. The molecule has 0 N–H and O–H groups in total. The van der Waals surface area contributed by atoms with Gasteiger partial charge in [-0.05, 0) is 26.2 Å². The molecule has 2 heterocycles. The van der Waals surface area contributed by atoms with Gasteiger partial charge in [-0.15, -0.1) is 0 Å². The fourth-order valence-electron chi connectivity index (χ4n) is 2.65. The molecule has 1 atom stereocenters. The van der Waals surface area contributed by atoms with Gasteiger partial charge in [0.25, 0.3) is 0 Å². The van der Waals surface area contributed by atoms with Crippen LogP contribution in [0.4, 0.5) is 0 Å². The van der Waals surface area contributed by atoms with Gasteiger partial charge in [0.2, 0.25) is 0 Å². The first-order chi connectivity index (χ1) is 8.12. The Kier molecular flexibility index (Phi) is 4.03. The molecule has 0 spiro atoms. The van der Waals surface area contributed by atoms with Gasteiger partial charge in [0.15, 0.2) is 0 Å². The zero-order valence-electron chi connectivity index (χ0n) is 11.0. The fourth-order valence-corrected chi connectivity index (χ4v) is 2.65. The van der Waals surface area contributed by atoms with Gasteiger partial charge in [-0.1, -0.05) is 0 Å². The minimum absolute atomic E-state index is 0.317. The Morgan fingerprint density at radius 1 is 1.29 bits per heavy atom. The van der Waals surface area contributed by atoms with E-state index in [0.29, 0.717) is 0 Å². The van der Waals surface area contributed by atoms with Crippen LogP contribution in [0, 0.1) is 17.2 Å². The Hall–Kier alpha value is -0.630. The van der Waals surface area contributed by atoms with Crippen LogP contribution in [0.5, 0.6) is 0 Å². The SMILES string of the molecule is CC(C)(C#N)N1CCN(CC2CCOC2)CC1. The largest absolute Gasteiger partial charge is 0.381 e. The molecule has 0 aromatic rings. The van der Waals surface area contributed by atoms with Crippen molar-refractivity contribution in [2.75, 3.05) is 45.9 Å². The average molecular weight is 237 g/mol. The lowest BCUT2D eigenvalue weighted by Gasteiger charge is -2.41. The maximum atomic E-state index is 9.12. The molecule has 2 rings (SSSR count). The van der Waals surface area contributed by atoms with Crippen molar-refractivity contribution in [1.29, 1.82) is 5.26 Å². The maximum Gasteiger partial charge on any atom is 0.103 e. The van der Waals surface area contributed by atoms with Crippen LogP contribution >= 0.6 is 0 Å². The third-order valence-corrected chi connectivity index (χ3v) is 3.98. The van der Waals surface area contributed by atoms with Crippen LogP contribution in [0.1, 0.15) is 20.3 Å². The summed E-state index contributed by atoms with van der Waals surface area (Å²) in [5.74, 6) is 0.727. The van der Waals surface area contributed by atoms with E-state index in [0.717, 1.165) is 45.3 Å². The summed E-state index contributed by atoms with van der Waals surface area (Å²) in [7, 11) is 0. The second kappa shape index (κ2) is 5.34. The van der Waals surface area contributed by atoms with Gasteiger partial charge >= 0.3 is 0 Å². The average Bonchev–Trinajstić information content (AvgIpc) is 2.83. The van der Waals surface area contributed by atoms with E-state index in [2.05, 4.69) is 15.9 Å². The summed E-state index contributed by atoms with van der Waals surface area (Å²) >= 11 is 0. The molecule has 96 valence electrons. The quantitative estimate of drug-likeness (QED) is 0.732. The maximum absolute atomic E-state index is 9.12. The van der Waals surface area contributed by atoms with Crippen LogP contribution in [-0.2, 0) is 4.74 Å². The fraction of sp³-hybridized carbons (Fsp3) is 0.923. The van der Waals surface area contributed by atoms with Crippen LogP contribution in [0.3, 0.4) is 0 Å². The van der Waals surface area contributed by atoms with Gasteiger partial charge in [-0.3, -0.25) is 4.90 Å². The molecule has 2 fully saturated rings. The Morgan fingerprint density at radius 2 is 2.00 bits per heavy atom. The summed E-state index contributed by atoms with van der Waals surface area (Å²) < 4.78 is 5.41. The van der Waals surface area contributed by atoms with Gasteiger partial charge in [0, 0.05) is 39.3 Å². The number of rotatable bonds is 3. The number of ether oxygens (including phenoxy) is 1. The number of hydrogen-bond acceptors (Lipinski definition) is 4. The van der Waals surface area contributed by atoms with Gasteiger partial charge in [0.05, 0.1) is 12.7 Å². The third-order valence-electron chi connectivity index (χ3n) is 3.98. The van der Waals surface area contributed by atoms with Crippen molar-refractivity contribution >= 4 is 0 Å². The highest BCUT2D eigenvalue weighted by Crippen LogP contribution is 2.18. The molecule has 2 aliphatic rings. The highest BCUT2D eigenvalue weighted by atomic mass is 16.5. The van der Waals surface area contributed by atoms with Crippen molar-refractivity contribution in [1.82, 2.24) is 9.80 Å². The minimum atomic E-state index is -0.317. The predicted molar refractivity (Wildman–Crippen MR) is 66.6 cm³/mol. The van der Waals surface area contributed by atoms with Crippen LogP contribution in [0.2, 0.25) is 0 Å². The summed E-state index contributed by atoms with van der Waals surface area (Å²) in [6, 6.07) is 2.39. The second-order valence-electron chi connectivity index (χ2n) is 5.69. The van der Waals surface area contributed by atoms with E-state index in [1.54, 1.807) is 0 Å². The third kappa shape index (κ3) is 3.19. The smallest absolute Gasteiger partial charge is 0.103 e. The first-order valence-electron chi connectivity index (χ1n) is 6.58. The van der Waals surface area contributed by atoms with Crippen molar-refractivity contribution in [3.63, 3.8) is 0 Å². The number of nitrogens with zero attached hydrogens (tertiary/aromatic N) is 3. The molecule has 0 radical (unpaired) electrons. The van der Waals surface area contributed by atoms with E-state index in [1.807, 2.05) is 13.8 Å². The zero-order valence-corrected chi connectivity index (χ0v) is 11.0. The van der Waals surface area contributed by atoms with Crippen molar-refractivity contribution in [2.24, 2.45) is 5.92 Å². The molecule has 2 saturated heterocycles. The Bertz CT molecular complexity index is 284. The topological polar surface area (TPSA) is 39.5 Å². The molecule has 0 aromatic carbocycles. The lowest BCUT2D eigenvalue weighted by molar-refractivity contribution is 0.0693. The number of nitriles is 1. The Balaban J connectivity index is 1.76. The summed E-state index contributed by atoms with van der Waals surface area (Å²) in [6.07, 6.45) is 1.21. The number of piperazine rings is 1. The minimum Gasteiger partial charge on any atom is -0.381 e. The summed E-state index contributed by atoms with van der Waals surface area (Å²) in [4.78, 5) is 4.80. The van der Waals surface area contributed by atoms with Crippen molar-refractivity contribution in [2.45, 2.75) is 25.8 Å². The van der Waals surface area contributed by atoms with Gasteiger partial charge in [-0.2, -0.15) is 5.26 Å². The van der Waals surface area contributed by atoms with E-state index >= 15 is 0 Å². The lowest BCUT2D eigenvalue weighted by atomic mass is 10.0. The van der Waals surface area contributed by atoms with Crippen LogP contribution in [-0.4, -0.2) is 61.3 Å². The molecule has 0 saturated carbocycles. The van der Waals surface area contributed by atoms with E-state index in [1.165, 1.54) is 13.0 Å². The van der Waals surface area contributed by atoms with E-state index in [4.69, 9.17) is 10.00 Å². The van der Waals surface area contributed by atoms with Crippen molar-refractivity contribution in [3.05, 3.63) is 0 Å². The first kappa shape index (κ1) is 12.8. The van der Waals surface area contributed by atoms with Crippen molar-refractivity contribution in [3.8, 4) is 6.07 Å². The molecule has 4 nitrogen and oxygen atoms in total. The Labute approximate surface area is 104 Å². The highest BCUT2D eigenvalue weighted by molar-refractivity contribution is 5.02. The monoisotopic (exact) mass is 237 g/mol. The normalized spacial score (nSPS) is 28.2. The van der Waals surface area contributed by atoms with Crippen LogP contribution in [0.15, 0.2) is 0 Å². The summed E-state index contributed by atoms with van der Waals surface area (Å²) in [6.45, 7) is 11.2. The zero-order chi connectivity index (χ0) is 12.3. The van der Waals surface area contributed by atoms with E-state index < -0.39 is 0 Å². The molecular weight excluding hydrogens is 214 g/mol. The first-order valence-corrected chi connectivity index (χ1v) is 6.58. The lowest BCUT2D eigenvalue weighted by Crippen LogP contribution is -2.54. The van der Waals surface area contributed by atoms with Crippen LogP contribution in [0.25, 0.3) is 0 Å². The second-order valence-corrected chi connectivity index (χ2v) is 5.69. The van der Waals surface area contributed by atoms with Gasteiger partial charge in [0.1, 0.15) is 5.54 Å². The Morgan fingerprint density at radius 3 is 2.53 bits per heavy atom. The van der Waals surface area contributed by atoms with Crippen LogP contribution < -0.4 is 0 Å².